The molecule has 0 unspecified atom stereocenters. The SMILES string of the molecule is CCN(CC)CCN(C)C(=O)c1ccccc1NCC(=O)O. The molecule has 6 heteroatoms. The summed E-state index contributed by atoms with van der Waals surface area (Å²) in [6.45, 7) is 7.33. The highest BCUT2D eigenvalue weighted by Gasteiger charge is 2.16. The highest BCUT2D eigenvalue weighted by atomic mass is 16.4. The van der Waals surface area contributed by atoms with Crippen molar-refractivity contribution in [2.24, 2.45) is 0 Å². The van der Waals surface area contributed by atoms with Crippen molar-refractivity contribution in [2.75, 3.05) is 45.1 Å². The number of aliphatic carboxylic acids is 1. The minimum atomic E-state index is -0.961. The maximum absolute atomic E-state index is 12.5. The largest absolute Gasteiger partial charge is 0.480 e. The lowest BCUT2D eigenvalue weighted by molar-refractivity contribution is -0.134. The number of benzene rings is 1. The van der Waals surface area contributed by atoms with Crippen LogP contribution < -0.4 is 5.32 Å². The summed E-state index contributed by atoms with van der Waals surface area (Å²) < 4.78 is 0. The minimum Gasteiger partial charge on any atom is -0.480 e. The van der Waals surface area contributed by atoms with Gasteiger partial charge in [-0.2, -0.15) is 0 Å². The topological polar surface area (TPSA) is 72.9 Å². The van der Waals surface area contributed by atoms with Crippen LogP contribution in [-0.2, 0) is 4.79 Å². The summed E-state index contributed by atoms with van der Waals surface area (Å²) in [6, 6.07) is 6.98. The van der Waals surface area contributed by atoms with Crippen LogP contribution in [0.25, 0.3) is 0 Å². The van der Waals surface area contributed by atoms with Gasteiger partial charge in [0.1, 0.15) is 6.54 Å². The van der Waals surface area contributed by atoms with Gasteiger partial charge in [-0.05, 0) is 25.2 Å². The molecule has 0 saturated heterocycles. The third-order valence-corrected chi connectivity index (χ3v) is 3.58. The molecule has 0 atom stereocenters. The summed E-state index contributed by atoms with van der Waals surface area (Å²) in [5, 5.41) is 11.5. The molecule has 0 saturated carbocycles. The Balaban J connectivity index is 2.73. The molecule has 0 spiro atoms. The van der Waals surface area contributed by atoms with Crippen molar-refractivity contribution in [1.82, 2.24) is 9.80 Å². The molecule has 2 N–H and O–H groups in total. The third-order valence-electron chi connectivity index (χ3n) is 3.58. The van der Waals surface area contributed by atoms with E-state index in [1.54, 1.807) is 36.2 Å². The molecule has 1 amide bonds. The fraction of sp³-hybridized carbons (Fsp3) is 0.500. The molecule has 1 rings (SSSR count). The van der Waals surface area contributed by atoms with Crippen LogP contribution in [0, 0.1) is 0 Å². The third kappa shape index (κ3) is 5.37. The smallest absolute Gasteiger partial charge is 0.322 e. The zero-order chi connectivity index (χ0) is 16.5. The number of carboxylic acids is 1. The van der Waals surface area contributed by atoms with E-state index in [4.69, 9.17) is 5.11 Å². The molecule has 0 aliphatic heterocycles. The maximum Gasteiger partial charge on any atom is 0.322 e. The van der Waals surface area contributed by atoms with Crippen molar-refractivity contribution in [3.63, 3.8) is 0 Å². The number of amides is 1. The molecule has 0 aliphatic rings. The second-order valence-electron chi connectivity index (χ2n) is 5.05. The first kappa shape index (κ1) is 18.0. The van der Waals surface area contributed by atoms with Crippen LogP contribution in [0.1, 0.15) is 24.2 Å². The molecule has 0 radical (unpaired) electrons. The van der Waals surface area contributed by atoms with E-state index < -0.39 is 5.97 Å². The number of nitrogens with one attached hydrogen (secondary N) is 1. The van der Waals surface area contributed by atoms with E-state index >= 15 is 0 Å². The van der Waals surface area contributed by atoms with Crippen LogP contribution >= 0.6 is 0 Å². The lowest BCUT2D eigenvalue weighted by Gasteiger charge is -2.24. The molecular weight excluding hydrogens is 282 g/mol. The standard InChI is InChI=1S/C16H25N3O3/c1-4-19(5-2)11-10-18(3)16(22)13-8-6-7-9-14(13)17-12-15(20)21/h6-9,17H,4-5,10-12H2,1-3H3,(H,20,21). The number of para-hydroxylation sites is 1. The highest BCUT2D eigenvalue weighted by molar-refractivity contribution is 5.99. The Morgan fingerprint density at radius 3 is 2.36 bits per heavy atom. The number of rotatable bonds is 9. The van der Waals surface area contributed by atoms with Gasteiger partial charge in [-0.1, -0.05) is 26.0 Å². The minimum absolute atomic E-state index is 0.111. The Morgan fingerprint density at radius 2 is 1.77 bits per heavy atom. The summed E-state index contributed by atoms with van der Waals surface area (Å²) >= 11 is 0. The zero-order valence-electron chi connectivity index (χ0n) is 13.5. The van der Waals surface area contributed by atoms with Gasteiger partial charge in [-0.3, -0.25) is 9.59 Å². The van der Waals surface area contributed by atoms with Crippen molar-refractivity contribution in [3.05, 3.63) is 29.8 Å². The first-order valence-corrected chi connectivity index (χ1v) is 7.52. The van der Waals surface area contributed by atoms with Gasteiger partial charge in [-0.25, -0.2) is 0 Å². The van der Waals surface area contributed by atoms with Gasteiger partial charge in [-0.15, -0.1) is 0 Å². The quantitative estimate of drug-likeness (QED) is 0.725. The Labute approximate surface area is 131 Å². The van der Waals surface area contributed by atoms with Crippen LogP contribution in [-0.4, -0.2) is 66.6 Å². The highest BCUT2D eigenvalue weighted by Crippen LogP contribution is 2.16. The number of likely N-dealkylation sites (N-methyl/N-ethyl adjacent to an activating group) is 2. The summed E-state index contributed by atoms with van der Waals surface area (Å²) in [6.07, 6.45) is 0. The fourth-order valence-electron chi connectivity index (χ4n) is 2.13. The second kappa shape index (κ2) is 9.04. The summed E-state index contributed by atoms with van der Waals surface area (Å²) in [4.78, 5) is 27.1. The number of carboxylic acid groups (broad SMARTS) is 1. The average Bonchev–Trinajstić information content (AvgIpc) is 2.53. The summed E-state index contributed by atoms with van der Waals surface area (Å²) in [5.74, 6) is -1.07. The normalized spacial score (nSPS) is 10.5. The van der Waals surface area contributed by atoms with Gasteiger partial charge in [0.05, 0.1) is 5.56 Å². The van der Waals surface area contributed by atoms with Crippen molar-refractivity contribution < 1.29 is 14.7 Å². The van der Waals surface area contributed by atoms with Crippen LogP contribution in [0.4, 0.5) is 5.69 Å². The van der Waals surface area contributed by atoms with E-state index in [0.717, 1.165) is 19.6 Å². The van der Waals surface area contributed by atoms with E-state index in [1.807, 2.05) is 0 Å². The van der Waals surface area contributed by atoms with Gasteiger partial charge in [0, 0.05) is 25.8 Å². The average molecular weight is 307 g/mol. The lowest BCUT2D eigenvalue weighted by Crippen LogP contribution is -2.36. The van der Waals surface area contributed by atoms with Crippen LogP contribution in [0.15, 0.2) is 24.3 Å². The Hall–Kier alpha value is -2.08. The lowest BCUT2D eigenvalue weighted by atomic mass is 10.1. The monoisotopic (exact) mass is 307 g/mol. The number of carbonyl (C=O) groups excluding carboxylic acids is 1. The van der Waals surface area contributed by atoms with E-state index in [0.29, 0.717) is 17.8 Å². The Bertz CT molecular complexity index is 501. The Kier molecular flexibility index (Phi) is 7.39. The number of anilines is 1. The fourth-order valence-corrected chi connectivity index (χ4v) is 2.13. The van der Waals surface area contributed by atoms with E-state index in [9.17, 15) is 9.59 Å². The van der Waals surface area contributed by atoms with E-state index in [1.165, 1.54) is 0 Å². The van der Waals surface area contributed by atoms with Crippen molar-refractivity contribution in [3.8, 4) is 0 Å². The van der Waals surface area contributed by atoms with Crippen molar-refractivity contribution in [1.29, 1.82) is 0 Å². The Morgan fingerprint density at radius 1 is 1.14 bits per heavy atom. The van der Waals surface area contributed by atoms with Gasteiger partial charge >= 0.3 is 5.97 Å². The molecular formula is C16H25N3O3. The molecule has 1 aromatic rings. The van der Waals surface area contributed by atoms with Gasteiger partial charge in [0.15, 0.2) is 0 Å². The first-order chi connectivity index (χ1) is 10.5. The second-order valence-corrected chi connectivity index (χ2v) is 5.05. The molecule has 0 bridgehead atoms. The molecule has 122 valence electrons. The van der Waals surface area contributed by atoms with Gasteiger partial charge in [0.2, 0.25) is 0 Å². The number of hydrogen-bond acceptors (Lipinski definition) is 4. The predicted octanol–water partition coefficient (Wildman–Crippen LogP) is 1.60. The van der Waals surface area contributed by atoms with E-state index in [-0.39, 0.29) is 12.5 Å². The number of hydrogen-bond donors (Lipinski definition) is 2. The van der Waals surface area contributed by atoms with Gasteiger partial charge < -0.3 is 20.2 Å². The predicted molar refractivity (Wildman–Crippen MR) is 87.3 cm³/mol. The number of nitrogens with zero attached hydrogens (tertiary/aromatic N) is 2. The number of carbonyl (C=O) groups is 2. The molecule has 1 aromatic carbocycles. The molecule has 0 heterocycles. The summed E-state index contributed by atoms with van der Waals surface area (Å²) in [5.41, 5.74) is 1.04. The van der Waals surface area contributed by atoms with Crippen LogP contribution in [0.5, 0.6) is 0 Å². The molecule has 0 aromatic heterocycles. The molecule has 22 heavy (non-hydrogen) atoms. The van der Waals surface area contributed by atoms with Crippen molar-refractivity contribution >= 4 is 17.6 Å². The van der Waals surface area contributed by atoms with Crippen LogP contribution in [0.3, 0.4) is 0 Å². The summed E-state index contributed by atoms with van der Waals surface area (Å²) in [7, 11) is 1.76. The van der Waals surface area contributed by atoms with Crippen LogP contribution in [0.2, 0.25) is 0 Å². The molecule has 0 aliphatic carbocycles. The molecule has 0 fully saturated rings. The van der Waals surface area contributed by atoms with E-state index in [2.05, 4.69) is 24.1 Å². The molecule has 6 nitrogen and oxygen atoms in total. The first-order valence-electron chi connectivity index (χ1n) is 7.52. The van der Waals surface area contributed by atoms with Crippen molar-refractivity contribution in [2.45, 2.75) is 13.8 Å². The van der Waals surface area contributed by atoms with Gasteiger partial charge in [0.25, 0.3) is 5.91 Å². The zero-order valence-corrected chi connectivity index (χ0v) is 13.5. The maximum atomic E-state index is 12.5.